The number of hydrogen-bond donors (Lipinski definition) is 2. The first kappa shape index (κ1) is 13.6. The third kappa shape index (κ3) is 3.81. The standard InChI is InChI=1S/C12H10Cl2N4O/c1-7(19)15-11-4-5-12(18-17-11)16-8-2-3-9(13)10(14)6-8/h2-6H,1H3,(H,16,18)(H,15,17,19). The molecule has 19 heavy (non-hydrogen) atoms. The Labute approximate surface area is 119 Å². The van der Waals surface area contributed by atoms with Crippen molar-refractivity contribution in [2.75, 3.05) is 10.6 Å². The van der Waals surface area contributed by atoms with Crippen molar-refractivity contribution in [2.24, 2.45) is 0 Å². The van der Waals surface area contributed by atoms with Crippen molar-refractivity contribution in [2.45, 2.75) is 6.92 Å². The molecule has 0 saturated heterocycles. The van der Waals surface area contributed by atoms with Gasteiger partial charge >= 0.3 is 0 Å². The van der Waals surface area contributed by atoms with Crippen molar-refractivity contribution < 1.29 is 4.79 Å². The Kier molecular flexibility index (Phi) is 4.19. The lowest BCUT2D eigenvalue weighted by Gasteiger charge is -2.06. The molecule has 1 aromatic heterocycles. The Balaban J connectivity index is 2.10. The zero-order chi connectivity index (χ0) is 13.8. The van der Waals surface area contributed by atoms with Crippen LogP contribution in [0.3, 0.4) is 0 Å². The van der Waals surface area contributed by atoms with E-state index in [4.69, 9.17) is 23.2 Å². The van der Waals surface area contributed by atoms with Crippen LogP contribution < -0.4 is 10.6 Å². The van der Waals surface area contributed by atoms with Crippen LogP contribution in [0.2, 0.25) is 10.0 Å². The number of anilines is 3. The Morgan fingerprint density at radius 1 is 1.05 bits per heavy atom. The number of amides is 1. The Morgan fingerprint density at radius 3 is 2.32 bits per heavy atom. The number of hydrogen-bond acceptors (Lipinski definition) is 4. The maximum Gasteiger partial charge on any atom is 0.222 e. The van der Waals surface area contributed by atoms with Crippen molar-refractivity contribution in [3.05, 3.63) is 40.4 Å². The molecule has 5 nitrogen and oxygen atoms in total. The molecule has 0 bridgehead atoms. The highest BCUT2D eigenvalue weighted by molar-refractivity contribution is 6.42. The zero-order valence-electron chi connectivity index (χ0n) is 9.95. The second-order valence-corrected chi connectivity index (χ2v) is 4.55. The molecule has 0 saturated carbocycles. The zero-order valence-corrected chi connectivity index (χ0v) is 11.5. The van der Waals surface area contributed by atoms with E-state index in [9.17, 15) is 4.79 Å². The van der Waals surface area contributed by atoms with Crippen LogP contribution in [-0.2, 0) is 4.79 Å². The highest BCUT2D eigenvalue weighted by Gasteiger charge is 2.02. The summed E-state index contributed by atoms with van der Waals surface area (Å²) in [5, 5.41) is 14.3. The van der Waals surface area contributed by atoms with Gasteiger partial charge < -0.3 is 10.6 Å². The summed E-state index contributed by atoms with van der Waals surface area (Å²) in [4.78, 5) is 10.8. The fraction of sp³-hybridized carbons (Fsp3) is 0.0833. The van der Waals surface area contributed by atoms with E-state index in [-0.39, 0.29) is 5.91 Å². The minimum Gasteiger partial charge on any atom is -0.339 e. The fourth-order valence-electron chi connectivity index (χ4n) is 1.37. The average molecular weight is 297 g/mol. The first-order valence-corrected chi connectivity index (χ1v) is 6.13. The minimum atomic E-state index is -0.195. The van der Waals surface area contributed by atoms with Gasteiger partial charge in [-0.2, -0.15) is 0 Å². The minimum absolute atomic E-state index is 0.195. The van der Waals surface area contributed by atoms with Crippen molar-refractivity contribution in [3.8, 4) is 0 Å². The molecular weight excluding hydrogens is 287 g/mol. The van der Waals surface area contributed by atoms with E-state index in [2.05, 4.69) is 20.8 Å². The molecule has 98 valence electrons. The number of halogens is 2. The number of rotatable bonds is 3. The molecule has 0 aliphatic rings. The number of nitrogens with one attached hydrogen (secondary N) is 2. The molecule has 0 radical (unpaired) electrons. The molecule has 0 unspecified atom stereocenters. The number of carbonyl (C=O) groups is 1. The molecule has 1 heterocycles. The van der Waals surface area contributed by atoms with Crippen molar-refractivity contribution in [3.63, 3.8) is 0 Å². The molecule has 0 aliphatic heterocycles. The van der Waals surface area contributed by atoms with Gasteiger partial charge in [0, 0.05) is 12.6 Å². The Bertz CT molecular complexity index is 601. The SMILES string of the molecule is CC(=O)Nc1ccc(Nc2ccc(Cl)c(Cl)c2)nn1. The van der Waals surface area contributed by atoms with Gasteiger partial charge in [0.05, 0.1) is 10.0 Å². The smallest absolute Gasteiger partial charge is 0.222 e. The van der Waals surface area contributed by atoms with Crippen LogP contribution in [0.5, 0.6) is 0 Å². The molecule has 7 heteroatoms. The van der Waals surface area contributed by atoms with Crippen LogP contribution in [0, 0.1) is 0 Å². The van der Waals surface area contributed by atoms with E-state index < -0.39 is 0 Å². The Morgan fingerprint density at radius 2 is 1.74 bits per heavy atom. The van der Waals surface area contributed by atoms with Crippen molar-refractivity contribution in [1.29, 1.82) is 0 Å². The molecule has 0 atom stereocenters. The van der Waals surface area contributed by atoms with Crippen LogP contribution in [0.25, 0.3) is 0 Å². The van der Waals surface area contributed by atoms with Crippen LogP contribution in [0.4, 0.5) is 17.3 Å². The normalized spacial score (nSPS) is 10.1. The quantitative estimate of drug-likeness (QED) is 0.910. The summed E-state index contributed by atoms with van der Waals surface area (Å²) in [5.41, 5.74) is 0.746. The third-order valence-electron chi connectivity index (χ3n) is 2.16. The largest absolute Gasteiger partial charge is 0.339 e. The summed E-state index contributed by atoms with van der Waals surface area (Å²) in [5.74, 6) is 0.735. The number of carbonyl (C=O) groups excluding carboxylic acids is 1. The van der Waals surface area contributed by atoms with E-state index in [1.807, 2.05) is 0 Å². The molecule has 2 rings (SSSR count). The summed E-state index contributed by atoms with van der Waals surface area (Å²) in [6.45, 7) is 1.41. The van der Waals surface area contributed by atoms with Gasteiger partial charge in [-0.25, -0.2) is 0 Å². The molecule has 2 aromatic rings. The van der Waals surface area contributed by atoms with Gasteiger partial charge in [-0.3, -0.25) is 4.79 Å². The van der Waals surface area contributed by atoms with Gasteiger partial charge in [0.15, 0.2) is 11.6 Å². The maximum absolute atomic E-state index is 10.8. The summed E-state index contributed by atoms with van der Waals surface area (Å²) < 4.78 is 0. The van der Waals surface area contributed by atoms with E-state index in [1.54, 1.807) is 30.3 Å². The third-order valence-corrected chi connectivity index (χ3v) is 2.90. The molecule has 1 aromatic carbocycles. The van der Waals surface area contributed by atoms with Gasteiger partial charge in [-0.1, -0.05) is 23.2 Å². The van der Waals surface area contributed by atoms with Crippen LogP contribution in [0.1, 0.15) is 6.92 Å². The van der Waals surface area contributed by atoms with E-state index in [1.165, 1.54) is 6.92 Å². The van der Waals surface area contributed by atoms with Crippen molar-refractivity contribution >= 4 is 46.4 Å². The highest BCUT2D eigenvalue weighted by Crippen LogP contribution is 2.26. The van der Waals surface area contributed by atoms with Crippen molar-refractivity contribution in [1.82, 2.24) is 10.2 Å². The van der Waals surface area contributed by atoms with Crippen LogP contribution in [-0.4, -0.2) is 16.1 Å². The van der Waals surface area contributed by atoms with Gasteiger partial charge in [0.2, 0.25) is 5.91 Å². The monoisotopic (exact) mass is 296 g/mol. The van der Waals surface area contributed by atoms with Crippen LogP contribution >= 0.6 is 23.2 Å². The van der Waals surface area contributed by atoms with Crippen LogP contribution in [0.15, 0.2) is 30.3 Å². The summed E-state index contributed by atoms with van der Waals surface area (Å²) in [6.07, 6.45) is 0. The molecule has 1 amide bonds. The predicted octanol–water partition coefficient (Wildman–Crippen LogP) is 3.49. The lowest BCUT2D eigenvalue weighted by molar-refractivity contribution is -0.114. The van der Waals surface area contributed by atoms with Gasteiger partial charge in [0.25, 0.3) is 0 Å². The van der Waals surface area contributed by atoms with E-state index >= 15 is 0 Å². The van der Waals surface area contributed by atoms with Gasteiger partial charge in [0.1, 0.15) is 0 Å². The second-order valence-electron chi connectivity index (χ2n) is 3.74. The fourth-order valence-corrected chi connectivity index (χ4v) is 1.67. The lowest BCUT2D eigenvalue weighted by atomic mass is 10.3. The predicted molar refractivity (Wildman–Crippen MR) is 76.1 cm³/mol. The molecule has 0 spiro atoms. The lowest BCUT2D eigenvalue weighted by Crippen LogP contribution is -2.08. The number of aromatic nitrogens is 2. The number of nitrogens with zero attached hydrogens (tertiary/aromatic N) is 2. The van der Waals surface area contributed by atoms with E-state index in [0.717, 1.165) is 5.69 Å². The molecule has 2 N–H and O–H groups in total. The average Bonchev–Trinajstić information content (AvgIpc) is 2.36. The van der Waals surface area contributed by atoms with Gasteiger partial charge in [-0.05, 0) is 30.3 Å². The van der Waals surface area contributed by atoms with E-state index in [0.29, 0.717) is 21.7 Å². The summed E-state index contributed by atoms with van der Waals surface area (Å²) in [7, 11) is 0. The molecule has 0 fully saturated rings. The first-order valence-electron chi connectivity index (χ1n) is 5.38. The topological polar surface area (TPSA) is 66.9 Å². The first-order chi connectivity index (χ1) is 9.04. The second kappa shape index (κ2) is 5.86. The van der Waals surface area contributed by atoms with Gasteiger partial charge in [-0.15, -0.1) is 10.2 Å². The maximum atomic E-state index is 10.8. The summed E-state index contributed by atoms with van der Waals surface area (Å²) >= 11 is 11.7. The summed E-state index contributed by atoms with van der Waals surface area (Å²) in [6, 6.07) is 8.49. The Hall–Kier alpha value is -1.85. The number of benzene rings is 1. The molecule has 0 aliphatic carbocycles. The molecular formula is C12H10Cl2N4O. The highest BCUT2D eigenvalue weighted by atomic mass is 35.5.